The molecule has 0 amide bonds. The van der Waals surface area contributed by atoms with Gasteiger partial charge < -0.3 is 4.74 Å². The van der Waals surface area contributed by atoms with Crippen molar-refractivity contribution >= 4 is 17.5 Å². The number of ether oxygens (including phenoxy) is 1. The monoisotopic (exact) mass is 199 g/mol. The van der Waals surface area contributed by atoms with Crippen LogP contribution in [-0.2, 0) is 14.3 Å². The van der Waals surface area contributed by atoms with Crippen LogP contribution in [0.4, 0.5) is 0 Å². The molecule has 3 rings (SSSR count). The molecule has 72 valence electrons. The number of cyclic esters (lactones) is 2. The summed E-state index contributed by atoms with van der Waals surface area (Å²) in [5.41, 5.74) is 0.780. The number of hydrogen-bond donors (Lipinski definition) is 0. The van der Waals surface area contributed by atoms with Crippen LogP contribution in [0.3, 0.4) is 0 Å². The Bertz CT molecular complexity index is 640. The van der Waals surface area contributed by atoms with Gasteiger partial charge in [-0.15, -0.1) is 0 Å². The van der Waals surface area contributed by atoms with Crippen LogP contribution in [0.1, 0.15) is 0 Å². The largest absolute Gasteiger partial charge is 0.386 e. The quantitative estimate of drug-likeness (QED) is 0.415. The highest BCUT2D eigenvalue weighted by molar-refractivity contribution is 6.23. The summed E-state index contributed by atoms with van der Waals surface area (Å²) in [6.45, 7) is 0. The van der Waals surface area contributed by atoms with Crippen molar-refractivity contribution in [3.05, 3.63) is 46.6 Å². The molecule has 0 bridgehead atoms. The number of hydrogen-bond acceptors (Lipinski definition) is 4. The Morgan fingerprint density at radius 2 is 1.93 bits per heavy atom. The van der Waals surface area contributed by atoms with Crippen molar-refractivity contribution in [3.8, 4) is 0 Å². The van der Waals surface area contributed by atoms with Gasteiger partial charge in [0.15, 0.2) is 0 Å². The van der Waals surface area contributed by atoms with Crippen LogP contribution in [-0.4, -0.2) is 11.9 Å². The first kappa shape index (κ1) is 8.11. The molecule has 1 aromatic carbocycles. The molecule has 0 fully saturated rings. The molecule has 4 nitrogen and oxygen atoms in total. The number of carbonyl (C=O) groups excluding carboxylic acids is 2. The van der Waals surface area contributed by atoms with Gasteiger partial charge in [0.1, 0.15) is 0 Å². The van der Waals surface area contributed by atoms with Gasteiger partial charge in [0, 0.05) is 5.22 Å². The Kier molecular flexibility index (Phi) is 1.42. The Morgan fingerprint density at radius 1 is 1.13 bits per heavy atom. The zero-order valence-corrected chi connectivity index (χ0v) is 7.56. The number of benzene rings is 1. The lowest BCUT2D eigenvalue weighted by Gasteiger charge is -2.07. The van der Waals surface area contributed by atoms with Crippen LogP contribution < -0.4 is 10.6 Å². The predicted molar refractivity (Wildman–Crippen MR) is 49.8 cm³/mol. The van der Waals surface area contributed by atoms with Gasteiger partial charge >= 0.3 is 11.9 Å². The average Bonchev–Trinajstić information content (AvgIpc) is 2.54. The predicted octanol–water partition coefficient (Wildman–Crippen LogP) is -0.562. The number of rotatable bonds is 0. The molecule has 0 atom stereocenters. The fourth-order valence-electron chi connectivity index (χ4n) is 1.71. The van der Waals surface area contributed by atoms with Crippen LogP contribution >= 0.6 is 0 Å². The van der Waals surface area contributed by atoms with Crippen LogP contribution in [0.25, 0.3) is 5.57 Å². The molecule has 2 heterocycles. The number of fused-ring (bicyclic) bond motifs is 2. The fraction of sp³-hybridized carbons (Fsp3) is 0. The molecule has 0 spiro atoms. The summed E-state index contributed by atoms with van der Waals surface area (Å²) in [5, 5.41) is 1.42. The third kappa shape index (κ3) is 1.05. The summed E-state index contributed by atoms with van der Waals surface area (Å²) in [7, 11) is 0. The van der Waals surface area contributed by atoms with Gasteiger partial charge in [-0.25, -0.2) is 14.6 Å². The van der Waals surface area contributed by atoms with Crippen molar-refractivity contribution in [1.82, 2.24) is 0 Å². The number of nitrogens with zero attached hydrogens (tertiary/aromatic N) is 1. The highest BCUT2D eigenvalue weighted by atomic mass is 16.6. The van der Waals surface area contributed by atoms with E-state index in [1.54, 1.807) is 12.1 Å². The fourth-order valence-corrected chi connectivity index (χ4v) is 1.71. The summed E-state index contributed by atoms with van der Waals surface area (Å²) in [5.74, 6) is -1.28. The molecule has 15 heavy (non-hydrogen) atoms. The summed E-state index contributed by atoms with van der Waals surface area (Å²) >= 11 is 0. The maximum atomic E-state index is 11.5. The molecule has 1 aromatic rings. The maximum absolute atomic E-state index is 11.5. The van der Waals surface area contributed by atoms with E-state index in [2.05, 4.69) is 9.73 Å². The molecule has 0 unspecified atom stereocenters. The lowest BCUT2D eigenvalue weighted by Crippen LogP contribution is -2.27. The molecule has 2 aliphatic heterocycles. The van der Waals surface area contributed by atoms with E-state index in [0.29, 0.717) is 16.6 Å². The first-order chi connectivity index (χ1) is 7.25. The summed E-state index contributed by atoms with van der Waals surface area (Å²) in [4.78, 5) is 26.6. The first-order valence-corrected chi connectivity index (χ1v) is 4.42. The third-order valence-corrected chi connectivity index (χ3v) is 2.32. The summed E-state index contributed by atoms with van der Waals surface area (Å²) in [6.07, 6.45) is 1.23. The highest BCUT2D eigenvalue weighted by Crippen LogP contribution is 2.19. The van der Waals surface area contributed by atoms with Gasteiger partial charge in [0.2, 0.25) is 0 Å². The first-order valence-electron chi connectivity index (χ1n) is 4.42. The average molecular weight is 199 g/mol. The number of para-hydroxylation sites is 1. The second-order valence-corrected chi connectivity index (χ2v) is 3.24. The third-order valence-electron chi connectivity index (χ3n) is 2.32. The van der Waals surface area contributed by atoms with Crippen LogP contribution in [0.15, 0.2) is 41.0 Å². The van der Waals surface area contributed by atoms with Gasteiger partial charge in [-0.2, -0.15) is 0 Å². The topological polar surface area (TPSA) is 55.7 Å². The number of esters is 2. The second-order valence-electron chi connectivity index (χ2n) is 3.24. The van der Waals surface area contributed by atoms with Crippen molar-refractivity contribution in [2.75, 3.05) is 0 Å². The minimum atomic E-state index is -0.657. The van der Waals surface area contributed by atoms with Crippen LogP contribution in [0, 0.1) is 0 Å². The van der Waals surface area contributed by atoms with Crippen LogP contribution in [0.2, 0.25) is 0 Å². The molecule has 0 aliphatic carbocycles. The van der Waals surface area contributed by atoms with E-state index in [4.69, 9.17) is 0 Å². The van der Waals surface area contributed by atoms with Crippen molar-refractivity contribution < 1.29 is 14.3 Å². The molecule has 0 radical (unpaired) electrons. The second kappa shape index (κ2) is 2.63. The lowest BCUT2D eigenvalue weighted by atomic mass is 10.1. The molecule has 0 aromatic heterocycles. The van der Waals surface area contributed by atoms with Crippen molar-refractivity contribution in [2.45, 2.75) is 0 Å². The SMILES string of the molecule is O=C1C=C2N=c3ccccc3=C2C(=O)O1. The number of carbonyl (C=O) groups is 2. The Labute approximate surface area is 84.2 Å². The van der Waals surface area contributed by atoms with E-state index in [-0.39, 0.29) is 0 Å². The lowest BCUT2D eigenvalue weighted by molar-refractivity contribution is -0.152. The molecular formula is C11H5NO3. The van der Waals surface area contributed by atoms with E-state index in [9.17, 15) is 9.59 Å². The minimum absolute atomic E-state index is 0.380. The van der Waals surface area contributed by atoms with E-state index in [1.165, 1.54) is 6.08 Å². The van der Waals surface area contributed by atoms with Crippen molar-refractivity contribution in [1.29, 1.82) is 0 Å². The van der Waals surface area contributed by atoms with Gasteiger partial charge in [-0.05, 0) is 6.07 Å². The minimum Gasteiger partial charge on any atom is -0.386 e. The zero-order chi connectivity index (χ0) is 10.4. The molecule has 0 saturated heterocycles. The Hall–Kier alpha value is -2.23. The van der Waals surface area contributed by atoms with E-state index < -0.39 is 11.9 Å². The van der Waals surface area contributed by atoms with E-state index in [1.807, 2.05) is 12.1 Å². The van der Waals surface area contributed by atoms with Gasteiger partial charge in [-0.3, -0.25) is 0 Å². The van der Waals surface area contributed by atoms with Gasteiger partial charge in [0.05, 0.1) is 22.7 Å². The van der Waals surface area contributed by atoms with E-state index >= 15 is 0 Å². The maximum Gasteiger partial charge on any atom is 0.348 e. The smallest absolute Gasteiger partial charge is 0.348 e. The Morgan fingerprint density at radius 3 is 2.80 bits per heavy atom. The van der Waals surface area contributed by atoms with Gasteiger partial charge in [-0.1, -0.05) is 18.2 Å². The zero-order valence-electron chi connectivity index (χ0n) is 7.56. The summed E-state index contributed by atoms with van der Waals surface area (Å²) < 4.78 is 4.51. The van der Waals surface area contributed by atoms with E-state index in [0.717, 1.165) is 5.22 Å². The molecule has 0 N–H and O–H groups in total. The molecule has 0 saturated carbocycles. The summed E-state index contributed by atoms with van der Waals surface area (Å²) in [6, 6.07) is 7.22. The van der Waals surface area contributed by atoms with Crippen LogP contribution in [0.5, 0.6) is 0 Å². The van der Waals surface area contributed by atoms with Crippen molar-refractivity contribution in [3.63, 3.8) is 0 Å². The molecule has 4 heteroatoms. The Balaban J connectivity index is 2.46. The molecular weight excluding hydrogens is 194 g/mol. The van der Waals surface area contributed by atoms with Crippen molar-refractivity contribution in [2.24, 2.45) is 4.99 Å². The molecule has 2 aliphatic rings. The standard InChI is InChI=1S/C11H5NO3/c13-9-5-8-10(11(14)15-9)6-3-1-2-4-7(6)12-8/h1-5H. The van der Waals surface area contributed by atoms with Gasteiger partial charge in [0.25, 0.3) is 0 Å². The highest BCUT2D eigenvalue weighted by Gasteiger charge is 2.28. The normalized spacial score (nSPS) is 17.6.